The molecule has 2 saturated heterocycles. The van der Waals surface area contributed by atoms with Gasteiger partial charge in [0.15, 0.2) is 5.84 Å². The lowest BCUT2D eigenvalue weighted by atomic mass is 9.72. The van der Waals surface area contributed by atoms with Gasteiger partial charge in [-0.15, -0.1) is 17.9 Å². The lowest BCUT2D eigenvalue weighted by Gasteiger charge is -2.43. The second kappa shape index (κ2) is 39.5. The summed E-state index contributed by atoms with van der Waals surface area (Å²) in [5.41, 5.74) is 10.3. The summed E-state index contributed by atoms with van der Waals surface area (Å²) in [5.74, 6) is 6.72. The minimum Gasteiger partial charge on any atom is -0.497 e. The maximum absolute atomic E-state index is 13.1. The number of imidazole rings is 1. The van der Waals surface area contributed by atoms with Crippen molar-refractivity contribution in [3.05, 3.63) is 184 Å². The topological polar surface area (TPSA) is 321 Å². The number of halogens is 1. The number of aromatic amines is 1. The molecule has 3 unspecified atom stereocenters. The molecular formula is C88H107FN18O9S. The fourth-order valence-corrected chi connectivity index (χ4v) is 17.3. The second-order valence-corrected chi connectivity index (χ2v) is 32.8. The fourth-order valence-electron chi connectivity index (χ4n) is 16.8. The molecule has 0 radical (unpaired) electrons. The number of likely N-dealkylation sites (N-methyl/N-ethyl adjacent to an activating group) is 1. The first-order chi connectivity index (χ1) is 56.7. The van der Waals surface area contributed by atoms with Crippen molar-refractivity contribution in [1.82, 2.24) is 60.5 Å². The van der Waals surface area contributed by atoms with E-state index in [4.69, 9.17) is 29.2 Å². The van der Waals surface area contributed by atoms with Crippen LogP contribution in [0, 0.1) is 41.3 Å². The van der Waals surface area contributed by atoms with Crippen LogP contribution in [0.2, 0.25) is 0 Å². The van der Waals surface area contributed by atoms with Gasteiger partial charge in [0, 0.05) is 75.5 Å². The molecule has 0 bridgehead atoms. The molecule has 27 nitrogen and oxygen atoms in total. The molecule has 2 saturated carbocycles. The van der Waals surface area contributed by atoms with Crippen LogP contribution in [-0.4, -0.2) is 207 Å². The molecule has 11 heterocycles. The highest BCUT2D eigenvalue weighted by Gasteiger charge is 2.48. The molecule has 29 heteroatoms. The Morgan fingerprint density at radius 2 is 1.59 bits per heavy atom. The number of ether oxygens (including phenoxy) is 3. The number of hydrogen-bond acceptors (Lipinski definition) is 21. The van der Waals surface area contributed by atoms with Crippen LogP contribution >= 0.6 is 11.3 Å². The van der Waals surface area contributed by atoms with Gasteiger partial charge in [0.2, 0.25) is 35.4 Å². The van der Waals surface area contributed by atoms with Crippen molar-refractivity contribution >= 4 is 92.8 Å². The van der Waals surface area contributed by atoms with E-state index in [-0.39, 0.29) is 94.7 Å². The molecule has 9 atom stereocenters. The third kappa shape index (κ3) is 21.2. The van der Waals surface area contributed by atoms with Crippen LogP contribution in [0.3, 0.4) is 0 Å². The molecule has 7 aromatic rings. The quantitative estimate of drug-likeness (QED) is 0.0654. The first kappa shape index (κ1) is 84.2. The van der Waals surface area contributed by atoms with Crippen molar-refractivity contribution in [2.75, 3.05) is 74.3 Å². The van der Waals surface area contributed by atoms with Crippen molar-refractivity contribution in [3.63, 3.8) is 0 Å². The molecule has 11 aliphatic rings. The molecule has 4 N–H and O–H groups in total. The Bertz CT molecular complexity index is 4840. The zero-order valence-electron chi connectivity index (χ0n) is 67.9. The molecule has 3 aromatic heterocycles. The van der Waals surface area contributed by atoms with Crippen LogP contribution in [0.5, 0.6) is 5.75 Å². The number of nitrogens with zero attached hydrogens (tertiary/aromatic N) is 14. The van der Waals surface area contributed by atoms with Gasteiger partial charge in [0.1, 0.15) is 52.5 Å². The van der Waals surface area contributed by atoms with E-state index in [0.717, 1.165) is 160 Å². The van der Waals surface area contributed by atoms with Gasteiger partial charge in [-0.05, 0) is 156 Å². The number of amides is 6. The molecule has 3 aliphatic carbocycles. The number of hydrogen-bond donors (Lipinski definition) is 4. The molecule has 6 amide bonds. The van der Waals surface area contributed by atoms with Gasteiger partial charge in [-0.1, -0.05) is 87.7 Å². The van der Waals surface area contributed by atoms with Crippen LogP contribution in [0.1, 0.15) is 162 Å². The normalized spacial score (nSPS) is 24.6. The van der Waals surface area contributed by atoms with Gasteiger partial charge in [0.25, 0.3) is 0 Å². The smallest absolute Gasteiger partial charge is 0.233 e. The number of H-pyrrole nitrogens is 1. The van der Waals surface area contributed by atoms with Crippen molar-refractivity contribution in [2.45, 2.75) is 160 Å². The molecule has 18 rings (SSSR count). The zero-order valence-corrected chi connectivity index (χ0v) is 68.7. The summed E-state index contributed by atoms with van der Waals surface area (Å²) in [6.07, 6.45) is 22.6. The van der Waals surface area contributed by atoms with Crippen LogP contribution in [0.4, 0.5) is 4.39 Å². The summed E-state index contributed by atoms with van der Waals surface area (Å²) in [4.78, 5) is 129. The van der Waals surface area contributed by atoms with Gasteiger partial charge in [-0.2, -0.15) is 0 Å². The Kier molecular flexibility index (Phi) is 28.4. The number of nitrogens with one attached hydrogen (secondary N) is 4. The van der Waals surface area contributed by atoms with E-state index in [2.05, 4.69) is 95.3 Å². The molecule has 4 aromatic carbocycles. The van der Waals surface area contributed by atoms with E-state index in [1.807, 2.05) is 79.0 Å². The second-order valence-electron chi connectivity index (χ2n) is 32.1. The van der Waals surface area contributed by atoms with E-state index in [1.165, 1.54) is 34.6 Å². The van der Waals surface area contributed by atoms with Gasteiger partial charge in [-0.3, -0.25) is 78.4 Å². The SMILES string of the molecule is C=CCN1C(=O)CCN=C1c1ccc2nc[nH]c2c1.CC(C)CC1CN=C(C2CCCO2)NC1=O.CN(C)CC1=N[C@H]2CCC[C@H]2C(=O)N1Cc1ccc(F)cc1.CN1C(=O)[C@@H]2CCCC[C@]2(C)N=C1c1cnccn1.COc1ccc(C2CC(=O)NC(Cc3cscn3)=N2)cc1.O=C1NC(C2CCOCC2)=N[C@H]2c3ccccc3C[C@@H]12. The van der Waals surface area contributed by atoms with Gasteiger partial charge in [0.05, 0.1) is 122 Å². The zero-order chi connectivity index (χ0) is 82.1. The van der Waals surface area contributed by atoms with Gasteiger partial charge < -0.3 is 40.0 Å². The Labute approximate surface area is 686 Å². The summed E-state index contributed by atoms with van der Waals surface area (Å²) in [6, 6.07) is 28.2. The first-order valence-corrected chi connectivity index (χ1v) is 41.8. The number of thiazole rings is 1. The first-order valence-electron chi connectivity index (χ1n) is 40.9. The van der Waals surface area contributed by atoms with Crippen LogP contribution in [-0.2, 0) is 57.6 Å². The van der Waals surface area contributed by atoms with Crippen molar-refractivity contribution in [3.8, 4) is 5.75 Å². The summed E-state index contributed by atoms with van der Waals surface area (Å²) in [5, 5.41) is 10.7. The summed E-state index contributed by atoms with van der Waals surface area (Å²) in [7, 11) is 7.37. The standard InChI is InChI=1S/C17H22FN3O.C16H18N2O2.C15H15N3O2S.C14H18N4O.C14H14N4O.C12H20N2O2/c1-20(2)11-16-19-15-5-3-4-14(15)17(22)21(16)10-12-6-8-13(18)9-7-12;19-16-13-9-11-3-1-2-4-12(11)14(13)17-15(18-16)10-5-7-20-8-6-10;1-20-12-4-2-10(3-5-12)13-7-15(19)18-14(17-13)6-11-8-21-9-16-11;1-14-6-4-3-5-10(14)13(19)18(2)12(17-14)11-9-15-7-8-16-11;1-2-7-18-13(19)5-6-15-14(18)10-3-4-11-12(8-10)17-9-16-11;1-8(2)6-9-7-13-11(14-12(9)15)10-4-3-5-16-10/h6-9,14-15H,3-5,10-11H2,1-2H3;1-4,10,13-14H,5-9H2,(H,17,18,19);2-5,8-9,13H,6-7H2,1H3,(H,17,18,19);7-10H,3-6H2,1-2H3;2-4,8-9H,1,5-7H2,(H,16,17);8-10H,3-7H2,1-2H3,(H,13,14,15)/t14-,15+;13-,14+;;10-,14-;;/m11.0../s1. The Morgan fingerprint density at radius 1 is 0.786 bits per heavy atom. The Balaban J connectivity index is 0.000000122. The number of carbonyl (C=O) groups is 6. The average molecular weight is 1610 g/mol. The van der Waals surface area contributed by atoms with Crippen molar-refractivity contribution in [2.24, 2.45) is 65.5 Å². The number of fused-ring (bicyclic) bond motifs is 6. The molecule has 8 aliphatic heterocycles. The van der Waals surface area contributed by atoms with Crippen molar-refractivity contribution in [1.29, 1.82) is 0 Å². The monoisotopic (exact) mass is 1610 g/mol. The average Bonchev–Trinajstić information content (AvgIpc) is 1.08. The summed E-state index contributed by atoms with van der Waals surface area (Å²) in [6.45, 7) is 15.1. The number of rotatable bonds is 16. The van der Waals surface area contributed by atoms with Crippen LogP contribution < -0.4 is 20.7 Å². The highest BCUT2D eigenvalue weighted by atomic mass is 32.1. The van der Waals surface area contributed by atoms with Crippen LogP contribution in [0.15, 0.2) is 169 Å². The third-order valence-corrected chi connectivity index (χ3v) is 23.5. The minimum absolute atomic E-state index is 0.00366. The summed E-state index contributed by atoms with van der Waals surface area (Å²) < 4.78 is 29.1. The summed E-state index contributed by atoms with van der Waals surface area (Å²) >= 11 is 1.54. The van der Waals surface area contributed by atoms with Crippen molar-refractivity contribution < 1.29 is 47.4 Å². The largest absolute Gasteiger partial charge is 0.497 e. The highest BCUT2D eigenvalue weighted by Crippen LogP contribution is 2.43. The molecule has 0 spiro atoms. The lowest BCUT2D eigenvalue weighted by Crippen LogP contribution is -2.54. The third-order valence-electron chi connectivity index (χ3n) is 22.9. The van der Waals surface area contributed by atoms with E-state index in [1.54, 1.807) is 77.5 Å². The predicted molar refractivity (Wildman–Crippen MR) is 449 cm³/mol. The number of benzene rings is 4. The number of methoxy groups -OCH3 is 1. The van der Waals surface area contributed by atoms with Gasteiger partial charge >= 0.3 is 0 Å². The molecule has 117 heavy (non-hydrogen) atoms. The van der Waals surface area contributed by atoms with E-state index >= 15 is 0 Å². The molecular weight excluding hydrogens is 1500 g/mol. The number of aromatic nitrogens is 5. The molecule has 616 valence electrons. The minimum atomic E-state index is -0.269. The highest BCUT2D eigenvalue weighted by molar-refractivity contribution is 7.07. The maximum Gasteiger partial charge on any atom is 0.233 e. The van der Waals surface area contributed by atoms with Gasteiger partial charge in [-0.25, -0.2) is 19.3 Å². The Hall–Kier alpha value is -10.8. The Morgan fingerprint density at radius 3 is 2.32 bits per heavy atom. The van der Waals surface area contributed by atoms with Crippen LogP contribution in [0.25, 0.3) is 11.0 Å². The molecule has 4 fully saturated rings. The maximum atomic E-state index is 13.1. The number of carbonyl (C=O) groups excluding carboxylic acids is 6. The number of amidine groups is 6. The number of aliphatic imine (C=N–C) groups is 6. The fraction of sp³-hybridized carbons (Fsp3) is 0.477. The van der Waals surface area contributed by atoms with E-state index in [9.17, 15) is 33.2 Å². The van der Waals surface area contributed by atoms with E-state index < -0.39 is 0 Å². The van der Waals surface area contributed by atoms with E-state index in [0.29, 0.717) is 87.0 Å². The lowest BCUT2D eigenvalue weighted by molar-refractivity contribution is -0.135. The predicted octanol–water partition coefficient (Wildman–Crippen LogP) is 11.2.